The van der Waals surface area contributed by atoms with E-state index in [0.29, 0.717) is 17.1 Å². The standard InChI is InChI=1S/C15H19ClN2O2/c1-17-11-3-4-12(17)9-18(7-6-11)14-5-2-10(15(19)20)8-13(14)16/h2,5,8,11-12H,3-4,6-7,9H2,1H3,(H,19,20). The largest absolute Gasteiger partial charge is 0.478 e. The Morgan fingerprint density at radius 3 is 2.75 bits per heavy atom. The minimum atomic E-state index is -0.937. The molecule has 2 heterocycles. The van der Waals surface area contributed by atoms with Gasteiger partial charge in [0.15, 0.2) is 0 Å². The van der Waals surface area contributed by atoms with Crippen LogP contribution in [-0.4, -0.2) is 48.2 Å². The quantitative estimate of drug-likeness (QED) is 0.911. The molecule has 0 aromatic heterocycles. The number of carboxylic acids is 1. The van der Waals surface area contributed by atoms with Crippen molar-refractivity contribution in [3.63, 3.8) is 0 Å². The van der Waals surface area contributed by atoms with Crippen LogP contribution in [0.3, 0.4) is 0 Å². The number of anilines is 1. The Morgan fingerprint density at radius 2 is 2.05 bits per heavy atom. The van der Waals surface area contributed by atoms with Gasteiger partial charge in [-0.1, -0.05) is 11.6 Å². The Kier molecular flexibility index (Phi) is 3.61. The first kappa shape index (κ1) is 13.7. The van der Waals surface area contributed by atoms with Gasteiger partial charge in [-0.2, -0.15) is 0 Å². The van der Waals surface area contributed by atoms with Crippen molar-refractivity contribution in [3.8, 4) is 0 Å². The van der Waals surface area contributed by atoms with Gasteiger partial charge >= 0.3 is 5.97 Å². The molecule has 20 heavy (non-hydrogen) atoms. The van der Waals surface area contributed by atoms with E-state index in [1.165, 1.54) is 12.8 Å². The van der Waals surface area contributed by atoms with Gasteiger partial charge in [0.05, 0.1) is 16.3 Å². The number of carbonyl (C=O) groups is 1. The van der Waals surface area contributed by atoms with Gasteiger partial charge in [-0.15, -0.1) is 0 Å². The zero-order valence-electron chi connectivity index (χ0n) is 11.6. The van der Waals surface area contributed by atoms with Gasteiger partial charge in [0.1, 0.15) is 0 Å². The van der Waals surface area contributed by atoms with E-state index in [4.69, 9.17) is 16.7 Å². The van der Waals surface area contributed by atoms with Crippen molar-refractivity contribution in [2.24, 2.45) is 0 Å². The van der Waals surface area contributed by atoms with Crippen molar-refractivity contribution in [3.05, 3.63) is 28.8 Å². The van der Waals surface area contributed by atoms with Crippen LogP contribution in [0.5, 0.6) is 0 Å². The van der Waals surface area contributed by atoms with E-state index in [1.807, 2.05) is 6.07 Å². The lowest BCUT2D eigenvalue weighted by Gasteiger charge is -2.28. The van der Waals surface area contributed by atoms with Crippen LogP contribution < -0.4 is 4.90 Å². The minimum Gasteiger partial charge on any atom is -0.478 e. The van der Waals surface area contributed by atoms with E-state index >= 15 is 0 Å². The molecule has 2 bridgehead atoms. The molecule has 2 aliphatic heterocycles. The molecule has 1 N–H and O–H groups in total. The summed E-state index contributed by atoms with van der Waals surface area (Å²) in [7, 11) is 2.21. The normalized spacial score (nSPS) is 26.6. The molecular weight excluding hydrogens is 276 g/mol. The molecule has 0 aliphatic carbocycles. The summed E-state index contributed by atoms with van der Waals surface area (Å²) in [6, 6.07) is 6.28. The predicted molar refractivity (Wildman–Crippen MR) is 79.8 cm³/mol. The second kappa shape index (κ2) is 5.26. The summed E-state index contributed by atoms with van der Waals surface area (Å²) >= 11 is 6.28. The molecule has 5 heteroatoms. The first-order valence-corrected chi connectivity index (χ1v) is 7.44. The van der Waals surface area contributed by atoms with E-state index < -0.39 is 5.97 Å². The summed E-state index contributed by atoms with van der Waals surface area (Å²) in [5, 5.41) is 9.53. The maximum absolute atomic E-state index is 11.0. The molecule has 1 aromatic rings. The Bertz CT molecular complexity index is 535. The van der Waals surface area contributed by atoms with Crippen LogP contribution in [0.25, 0.3) is 0 Å². The maximum atomic E-state index is 11.0. The SMILES string of the molecule is CN1C2CCC1CN(c1ccc(C(=O)O)cc1Cl)CC2. The van der Waals surface area contributed by atoms with Crippen molar-refractivity contribution in [2.75, 3.05) is 25.0 Å². The van der Waals surface area contributed by atoms with E-state index in [-0.39, 0.29) is 5.56 Å². The molecule has 0 amide bonds. The third-order valence-corrected chi connectivity index (χ3v) is 4.99. The smallest absolute Gasteiger partial charge is 0.335 e. The fourth-order valence-electron chi connectivity index (χ4n) is 3.42. The highest BCUT2D eigenvalue weighted by molar-refractivity contribution is 6.33. The van der Waals surface area contributed by atoms with Crippen LogP contribution in [0.2, 0.25) is 5.02 Å². The topological polar surface area (TPSA) is 43.8 Å². The second-order valence-electron chi connectivity index (χ2n) is 5.76. The molecule has 0 radical (unpaired) electrons. The van der Waals surface area contributed by atoms with E-state index in [9.17, 15) is 4.79 Å². The molecular formula is C15H19ClN2O2. The number of benzene rings is 1. The highest BCUT2D eigenvalue weighted by Gasteiger charge is 2.35. The Hall–Kier alpha value is -1.26. The van der Waals surface area contributed by atoms with Gasteiger partial charge in [0.25, 0.3) is 0 Å². The third kappa shape index (κ3) is 2.38. The molecule has 1 aromatic carbocycles. The minimum absolute atomic E-state index is 0.243. The number of aromatic carboxylic acids is 1. The highest BCUT2D eigenvalue weighted by Crippen LogP contribution is 2.33. The number of rotatable bonds is 2. The number of hydrogen-bond acceptors (Lipinski definition) is 3. The Balaban J connectivity index is 1.84. The molecule has 2 saturated heterocycles. The summed E-state index contributed by atoms with van der Waals surface area (Å²) in [6.45, 7) is 1.96. The number of fused-ring (bicyclic) bond motifs is 2. The lowest BCUT2D eigenvalue weighted by molar-refractivity contribution is 0.0697. The Labute approximate surface area is 123 Å². The molecule has 108 valence electrons. The monoisotopic (exact) mass is 294 g/mol. The first-order chi connectivity index (χ1) is 9.56. The van der Waals surface area contributed by atoms with Crippen LogP contribution in [0.4, 0.5) is 5.69 Å². The van der Waals surface area contributed by atoms with Gasteiger partial charge in [-0.3, -0.25) is 4.90 Å². The van der Waals surface area contributed by atoms with Crippen LogP contribution in [0.1, 0.15) is 29.6 Å². The zero-order chi connectivity index (χ0) is 14.3. The van der Waals surface area contributed by atoms with Gasteiger partial charge in [-0.25, -0.2) is 4.79 Å². The fourth-order valence-corrected chi connectivity index (χ4v) is 3.72. The number of carboxylic acid groups (broad SMARTS) is 1. The van der Waals surface area contributed by atoms with Crippen molar-refractivity contribution < 1.29 is 9.90 Å². The average Bonchev–Trinajstić information content (AvgIpc) is 2.64. The van der Waals surface area contributed by atoms with Crippen LogP contribution in [-0.2, 0) is 0 Å². The maximum Gasteiger partial charge on any atom is 0.335 e. The molecule has 3 rings (SSSR count). The van der Waals surface area contributed by atoms with Crippen molar-refractivity contribution in [2.45, 2.75) is 31.3 Å². The lowest BCUT2D eigenvalue weighted by atomic mass is 10.1. The summed E-state index contributed by atoms with van der Waals surface area (Å²) in [5.74, 6) is -0.937. The molecule has 0 spiro atoms. The van der Waals surface area contributed by atoms with Crippen LogP contribution in [0, 0.1) is 0 Å². The molecule has 0 saturated carbocycles. The fraction of sp³-hybridized carbons (Fsp3) is 0.533. The van der Waals surface area contributed by atoms with Gasteiger partial charge in [0.2, 0.25) is 0 Å². The van der Waals surface area contributed by atoms with Crippen LogP contribution >= 0.6 is 11.6 Å². The van der Waals surface area contributed by atoms with Crippen LogP contribution in [0.15, 0.2) is 18.2 Å². The van der Waals surface area contributed by atoms with Gasteiger partial charge < -0.3 is 10.0 Å². The predicted octanol–water partition coefficient (Wildman–Crippen LogP) is 2.71. The molecule has 2 unspecified atom stereocenters. The summed E-state index contributed by atoms with van der Waals surface area (Å²) in [6.07, 6.45) is 3.67. The molecule has 4 nitrogen and oxygen atoms in total. The first-order valence-electron chi connectivity index (χ1n) is 7.06. The van der Waals surface area contributed by atoms with E-state index in [0.717, 1.165) is 25.2 Å². The summed E-state index contributed by atoms with van der Waals surface area (Å²) in [4.78, 5) is 15.7. The van der Waals surface area contributed by atoms with Crippen molar-refractivity contribution in [1.29, 1.82) is 0 Å². The highest BCUT2D eigenvalue weighted by atomic mass is 35.5. The zero-order valence-corrected chi connectivity index (χ0v) is 12.3. The summed E-state index contributed by atoms with van der Waals surface area (Å²) in [5.41, 5.74) is 1.20. The van der Waals surface area contributed by atoms with Crippen molar-refractivity contribution in [1.82, 2.24) is 4.90 Å². The molecule has 2 aliphatic rings. The van der Waals surface area contributed by atoms with Gasteiger partial charge in [0, 0.05) is 25.2 Å². The molecule has 2 atom stereocenters. The van der Waals surface area contributed by atoms with Crippen molar-refractivity contribution >= 4 is 23.3 Å². The number of nitrogens with zero attached hydrogens (tertiary/aromatic N) is 2. The lowest BCUT2D eigenvalue weighted by Crippen LogP contribution is -2.36. The van der Waals surface area contributed by atoms with Gasteiger partial charge in [-0.05, 0) is 44.5 Å². The molecule has 2 fully saturated rings. The number of hydrogen-bond donors (Lipinski definition) is 1. The summed E-state index contributed by atoms with van der Waals surface area (Å²) < 4.78 is 0. The van der Waals surface area contributed by atoms with E-state index in [1.54, 1.807) is 12.1 Å². The number of likely N-dealkylation sites (N-methyl/N-ethyl adjacent to an activating group) is 1. The average molecular weight is 295 g/mol. The third-order valence-electron chi connectivity index (χ3n) is 4.68. The van der Waals surface area contributed by atoms with E-state index in [2.05, 4.69) is 16.8 Å². The Morgan fingerprint density at radius 1 is 1.30 bits per heavy atom. The number of halogens is 1. The second-order valence-corrected chi connectivity index (χ2v) is 6.16.